The van der Waals surface area contributed by atoms with Crippen molar-refractivity contribution in [3.05, 3.63) is 30.3 Å². The van der Waals surface area contributed by atoms with Crippen molar-refractivity contribution in [2.24, 2.45) is 5.92 Å². The highest BCUT2D eigenvalue weighted by Gasteiger charge is 2.37. The summed E-state index contributed by atoms with van der Waals surface area (Å²) in [5.41, 5.74) is 0.979. The molecule has 2 rings (SSSR count). The van der Waals surface area contributed by atoms with Crippen LogP contribution in [0.15, 0.2) is 30.3 Å². The normalized spacial score (nSPS) is 16.6. The highest BCUT2D eigenvalue weighted by molar-refractivity contribution is 5.80. The summed E-state index contributed by atoms with van der Waals surface area (Å²) in [4.78, 5) is 11.7. The molecule has 1 aromatic rings. The lowest BCUT2D eigenvalue weighted by atomic mass is 10.1. The Morgan fingerprint density at radius 1 is 1.44 bits per heavy atom. The van der Waals surface area contributed by atoms with Crippen molar-refractivity contribution in [3.8, 4) is 0 Å². The van der Waals surface area contributed by atoms with Crippen molar-refractivity contribution in [1.82, 2.24) is 0 Å². The van der Waals surface area contributed by atoms with Gasteiger partial charge in [0.05, 0.1) is 6.61 Å². The molecule has 1 atom stereocenters. The van der Waals surface area contributed by atoms with E-state index in [1.54, 1.807) is 0 Å². The second-order valence-corrected chi connectivity index (χ2v) is 4.08. The molecule has 1 aliphatic carbocycles. The van der Waals surface area contributed by atoms with E-state index in [0.29, 0.717) is 12.5 Å². The lowest BCUT2D eigenvalue weighted by molar-refractivity contribution is -0.144. The minimum Gasteiger partial charge on any atom is -0.464 e. The first-order chi connectivity index (χ1) is 7.81. The molecule has 3 nitrogen and oxygen atoms in total. The van der Waals surface area contributed by atoms with Crippen molar-refractivity contribution in [3.63, 3.8) is 0 Å². The van der Waals surface area contributed by atoms with E-state index in [9.17, 15) is 4.79 Å². The molecule has 1 aliphatic rings. The van der Waals surface area contributed by atoms with Gasteiger partial charge in [-0.3, -0.25) is 0 Å². The standard InChI is InChI=1S/C13H17NO2/c1-2-16-13(15)12(10-8-9-10)14-11-6-4-3-5-7-11/h3-7,10,12,14H,2,8-9H2,1H3. The molecule has 1 fully saturated rings. The molecule has 0 saturated heterocycles. The zero-order valence-corrected chi connectivity index (χ0v) is 9.48. The molecule has 0 amide bonds. The van der Waals surface area contributed by atoms with Crippen LogP contribution in [0.4, 0.5) is 5.69 Å². The predicted molar refractivity (Wildman–Crippen MR) is 63.2 cm³/mol. The molecule has 1 unspecified atom stereocenters. The maximum atomic E-state index is 11.7. The fraction of sp³-hybridized carbons (Fsp3) is 0.462. The maximum absolute atomic E-state index is 11.7. The van der Waals surface area contributed by atoms with Gasteiger partial charge in [-0.25, -0.2) is 4.79 Å². The fourth-order valence-corrected chi connectivity index (χ4v) is 1.74. The molecule has 0 radical (unpaired) electrons. The van der Waals surface area contributed by atoms with Gasteiger partial charge in [-0.2, -0.15) is 0 Å². The number of benzene rings is 1. The summed E-state index contributed by atoms with van der Waals surface area (Å²) in [5, 5.41) is 3.25. The quantitative estimate of drug-likeness (QED) is 0.773. The largest absolute Gasteiger partial charge is 0.464 e. The summed E-state index contributed by atoms with van der Waals surface area (Å²) in [6, 6.07) is 9.63. The lowest BCUT2D eigenvalue weighted by Crippen LogP contribution is -2.33. The predicted octanol–water partition coefficient (Wildman–Crippen LogP) is 2.44. The van der Waals surface area contributed by atoms with E-state index in [2.05, 4.69) is 5.32 Å². The van der Waals surface area contributed by atoms with Crippen molar-refractivity contribution < 1.29 is 9.53 Å². The maximum Gasteiger partial charge on any atom is 0.328 e. The van der Waals surface area contributed by atoms with Gasteiger partial charge in [0.1, 0.15) is 6.04 Å². The number of hydrogen-bond acceptors (Lipinski definition) is 3. The van der Waals surface area contributed by atoms with Crippen molar-refractivity contribution in [1.29, 1.82) is 0 Å². The Bertz CT molecular complexity index is 346. The Morgan fingerprint density at radius 3 is 2.69 bits per heavy atom. The smallest absolute Gasteiger partial charge is 0.328 e. The van der Waals surface area contributed by atoms with Gasteiger partial charge in [-0.05, 0) is 37.8 Å². The average Bonchev–Trinajstić information content (AvgIpc) is 3.11. The van der Waals surface area contributed by atoms with E-state index in [-0.39, 0.29) is 12.0 Å². The summed E-state index contributed by atoms with van der Waals surface area (Å²) in [6.07, 6.45) is 2.23. The zero-order chi connectivity index (χ0) is 11.4. The Morgan fingerprint density at radius 2 is 2.12 bits per heavy atom. The molecule has 1 N–H and O–H groups in total. The molecule has 1 saturated carbocycles. The highest BCUT2D eigenvalue weighted by atomic mass is 16.5. The molecule has 0 aliphatic heterocycles. The number of esters is 1. The van der Waals surface area contributed by atoms with E-state index < -0.39 is 0 Å². The number of para-hydroxylation sites is 1. The second kappa shape index (κ2) is 5.01. The summed E-state index contributed by atoms with van der Waals surface area (Å²) < 4.78 is 5.08. The highest BCUT2D eigenvalue weighted by Crippen LogP contribution is 2.34. The van der Waals surface area contributed by atoms with Crippen LogP contribution in [0.3, 0.4) is 0 Å². The molecular formula is C13H17NO2. The summed E-state index contributed by atoms with van der Waals surface area (Å²) in [6.45, 7) is 2.28. The molecule has 86 valence electrons. The van der Waals surface area contributed by atoms with Gasteiger partial charge >= 0.3 is 5.97 Å². The van der Waals surface area contributed by atoms with Crippen LogP contribution >= 0.6 is 0 Å². The third-order valence-electron chi connectivity index (χ3n) is 2.73. The van der Waals surface area contributed by atoms with Gasteiger partial charge in [0.25, 0.3) is 0 Å². The van der Waals surface area contributed by atoms with Crippen LogP contribution in [-0.4, -0.2) is 18.6 Å². The van der Waals surface area contributed by atoms with E-state index in [1.165, 1.54) is 0 Å². The molecule has 1 aromatic carbocycles. The van der Waals surface area contributed by atoms with Crippen molar-refractivity contribution >= 4 is 11.7 Å². The first-order valence-electron chi connectivity index (χ1n) is 5.79. The minimum absolute atomic E-state index is 0.131. The number of anilines is 1. The Kier molecular flexibility index (Phi) is 3.44. The molecule has 0 aromatic heterocycles. The average molecular weight is 219 g/mol. The number of hydrogen-bond donors (Lipinski definition) is 1. The van der Waals surface area contributed by atoms with Crippen LogP contribution in [0.2, 0.25) is 0 Å². The van der Waals surface area contributed by atoms with Crippen molar-refractivity contribution in [2.45, 2.75) is 25.8 Å². The van der Waals surface area contributed by atoms with Gasteiger partial charge in [0, 0.05) is 5.69 Å². The van der Waals surface area contributed by atoms with E-state index in [4.69, 9.17) is 4.74 Å². The third kappa shape index (κ3) is 2.75. The molecule has 3 heteroatoms. The van der Waals surface area contributed by atoms with Gasteiger partial charge in [0.15, 0.2) is 0 Å². The Labute approximate surface area is 95.8 Å². The monoisotopic (exact) mass is 219 g/mol. The SMILES string of the molecule is CCOC(=O)C(Nc1ccccc1)C1CC1. The lowest BCUT2D eigenvalue weighted by Gasteiger charge is -2.17. The van der Waals surface area contributed by atoms with Crippen LogP contribution in [0.5, 0.6) is 0 Å². The molecule has 0 heterocycles. The van der Waals surface area contributed by atoms with Crippen LogP contribution in [-0.2, 0) is 9.53 Å². The minimum atomic E-state index is -0.178. The zero-order valence-electron chi connectivity index (χ0n) is 9.48. The number of carbonyl (C=O) groups excluding carboxylic acids is 1. The van der Waals surface area contributed by atoms with Crippen LogP contribution in [0.1, 0.15) is 19.8 Å². The number of nitrogens with one attached hydrogen (secondary N) is 1. The molecule has 16 heavy (non-hydrogen) atoms. The van der Waals surface area contributed by atoms with Gasteiger partial charge in [-0.15, -0.1) is 0 Å². The Hall–Kier alpha value is -1.51. The van der Waals surface area contributed by atoms with Crippen LogP contribution in [0.25, 0.3) is 0 Å². The number of rotatable bonds is 5. The Balaban J connectivity index is 2.00. The number of ether oxygens (including phenoxy) is 1. The second-order valence-electron chi connectivity index (χ2n) is 4.08. The number of carbonyl (C=O) groups is 1. The third-order valence-corrected chi connectivity index (χ3v) is 2.73. The molecular weight excluding hydrogens is 202 g/mol. The molecule has 0 spiro atoms. The van der Waals surface area contributed by atoms with Gasteiger partial charge in [-0.1, -0.05) is 18.2 Å². The summed E-state index contributed by atoms with van der Waals surface area (Å²) in [5.74, 6) is 0.313. The first kappa shape index (κ1) is 11.0. The molecule has 0 bridgehead atoms. The first-order valence-corrected chi connectivity index (χ1v) is 5.79. The van der Waals surface area contributed by atoms with E-state index in [1.807, 2.05) is 37.3 Å². The fourth-order valence-electron chi connectivity index (χ4n) is 1.74. The van der Waals surface area contributed by atoms with Gasteiger partial charge in [0.2, 0.25) is 0 Å². The van der Waals surface area contributed by atoms with Gasteiger partial charge < -0.3 is 10.1 Å². The topological polar surface area (TPSA) is 38.3 Å². The van der Waals surface area contributed by atoms with Crippen LogP contribution < -0.4 is 5.32 Å². The van der Waals surface area contributed by atoms with E-state index in [0.717, 1.165) is 18.5 Å². The van der Waals surface area contributed by atoms with Crippen LogP contribution in [0, 0.1) is 5.92 Å². The summed E-state index contributed by atoms with van der Waals surface area (Å²) in [7, 11) is 0. The van der Waals surface area contributed by atoms with Crippen molar-refractivity contribution in [2.75, 3.05) is 11.9 Å². The summed E-state index contributed by atoms with van der Waals surface area (Å²) >= 11 is 0. The van der Waals surface area contributed by atoms with E-state index >= 15 is 0 Å².